The van der Waals surface area contributed by atoms with E-state index in [9.17, 15) is 33.0 Å². The molecule has 3 aromatic rings. The second kappa shape index (κ2) is 10.6. The summed E-state index contributed by atoms with van der Waals surface area (Å²) in [6.07, 6.45) is 4.17. The van der Waals surface area contributed by atoms with Gasteiger partial charge in [0, 0.05) is 24.3 Å². The summed E-state index contributed by atoms with van der Waals surface area (Å²) in [6, 6.07) is 5.10. The lowest BCUT2D eigenvalue weighted by Crippen LogP contribution is -2.47. The van der Waals surface area contributed by atoms with Gasteiger partial charge in [0.25, 0.3) is 11.5 Å². The minimum atomic E-state index is -3.15. The Hall–Kier alpha value is -3.51. The highest BCUT2D eigenvalue weighted by atomic mass is 32.2. The number of hydrogen-bond donors (Lipinski definition) is 3. The Morgan fingerprint density at radius 3 is 2.36 bits per heavy atom. The van der Waals surface area contributed by atoms with E-state index >= 15 is 0 Å². The zero-order valence-corrected chi connectivity index (χ0v) is 22.5. The van der Waals surface area contributed by atoms with Crippen molar-refractivity contribution in [1.29, 1.82) is 0 Å². The highest BCUT2D eigenvalue weighted by molar-refractivity contribution is 7.91. The van der Waals surface area contributed by atoms with Gasteiger partial charge >= 0.3 is 5.69 Å². The number of aromatic nitrogens is 3. The van der Waals surface area contributed by atoms with Gasteiger partial charge in [0.05, 0.1) is 29.1 Å². The van der Waals surface area contributed by atoms with Crippen molar-refractivity contribution < 1.29 is 23.4 Å². The van der Waals surface area contributed by atoms with Crippen molar-refractivity contribution in [2.75, 3.05) is 11.5 Å². The van der Waals surface area contributed by atoms with E-state index in [1.165, 1.54) is 27.3 Å². The maximum Gasteiger partial charge on any atom is 0.333 e. The number of nitrogens with one attached hydrogen (secondary N) is 1. The average Bonchev–Trinajstić information content (AvgIpc) is 2.91. The van der Waals surface area contributed by atoms with Gasteiger partial charge in [-0.25, -0.2) is 18.2 Å². The number of amides is 1. The van der Waals surface area contributed by atoms with Gasteiger partial charge in [-0.05, 0) is 74.8 Å². The number of carbonyl (C=O) groups is 1. The molecule has 1 aliphatic heterocycles. The lowest BCUT2D eigenvalue weighted by atomic mass is 9.90. The third kappa shape index (κ3) is 5.35. The van der Waals surface area contributed by atoms with Crippen LogP contribution < -0.4 is 16.6 Å². The normalized spacial score (nSPS) is 21.6. The summed E-state index contributed by atoms with van der Waals surface area (Å²) in [7, 11) is -3.15. The summed E-state index contributed by atoms with van der Waals surface area (Å²) in [5.41, 5.74) is 0.753. The number of phenolic OH excluding ortho intramolecular Hbond substituents is 1. The van der Waals surface area contributed by atoms with Crippen molar-refractivity contribution in [2.24, 2.45) is 0 Å². The van der Waals surface area contributed by atoms with Crippen LogP contribution in [0.25, 0.3) is 11.0 Å². The third-order valence-electron chi connectivity index (χ3n) is 7.87. The molecule has 2 aliphatic rings. The Labute approximate surface area is 225 Å². The highest BCUT2D eigenvalue weighted by Crippen LogP contribution is 2.30. The smallest absolute Gasteiger partial charge is 0.333 e. The van der Waals surface area contributed by atoms with Crippen LogP contribution in [0.2, 0.25) is 0 Å². The van der Waals surface area contributed by atoms with Crippen molar-refractivity contribution in [2.45, 2.75) is 70.2 Å². The van der Waals surface area contributed by atoms with Crippen LogP contribution >= 0.6 is 0 Å². The Kier molecular flexibility index (Phi) is 7.34. The quantitative estimate of drug-likeness (QED) is 0.428. The molecule has 0 radical (unpaired) electrons. The first-order chi connectivity index (χ1) is 18.6. The molecule has 0 atom stereocenters. The van der Waals surface area contributed by atoms with E-state index in [0.717, 1.165) is 5.56 Å². The van der Waals surface area contributed by atoms with Gasteiger partial charge in [-0.1, -0.05) is 6.07 Å². The maximum atomic E-state index is 13.8. The number of rotatable bonds is 5. The first-order valence-electron chi connectivity index (χ1n) is 13.2. The molecule has 2 fully saturated rings. The first kappa shape index (κ1) is 27.1. The second-order valence-electron chi connectivity index (χ2n) is 10.6. The molecular weight excluding hydrogens is 524 g/mol. The van der Waals surface area contributed by atoms with Crippen LogP contribution in [0.3, 0.4) is 0 Å². The fraction of sp³-hybridized carbons (Fsp3) is 0.481. The molecule has 39 heavy (non-hydrogen) atoms. The number of phenols is 1. The number of sulfone groups is 1. The van der Waals surface area contributed by atoms with Crippen LogP contribution in [0.15, 0.2) is 40.1 Å². The van der Waals surface area contributed by atoms with E-state index in [4.69, 9.17) is 0 Å². The lowest BCUT2D eigenvalue weighted by molar-refractivity contribution is 0.0919. The molecule has 3 N–H and O–H groups in total. The van der Waals surface area contributed by atoms with Crippen molar-refractivity contribution in [3.8, 4) is 5.75 Å². The summed E-state index contributed by atoms with van der Waals surface area (Å²) < 4.78 is 26.9. The molecule has 3 heterocycles. The number of aliphatic hydroxyl groups excluding tert-OH is 1. The molecular formula is C27H32N4O7S. The number of benzene rings is 1. The predicted octanol–water partition coefficient (Wildman–Crippen LogP) is 1.73. The van der Waals surface area contributed by atoms with Crippen molar-refractivity contribution in [3.05, 3.63) is 68.0 Å². The zero-order chi connectivity index (χ0) is 27.9. The van der Waals surface area contributed by atoms with Crippen molar-refractivity contribution in [1.82, 2.24) is 19.4 Å². The minimum absolute atomic E-state index is 0.0157. The number of fused-ring (bicyclic) bond motifs is 1. The van der Waals surface area contributed by atoms with Crippen LogP contribution in [0.5, 0.6) is 5.75 Å². The van der Waals surface area contributed by atoms with Crippen molar-refractivity contribution in [3.63, 3.8) is 0 Å². The minimum Gasteiger partial charge on any atom is -0.507 e. The van der Waals surface area contributed by atoms with Crippen LogP contribution in [0.1, 0.15) is 72.1 Å². The monoisotopic (exact) mass is 556 g/mol. The van der Waals surface area contributed by atoms with Gasteiger partial charge in [0.15, 0.2) is 0 Å². The molecule has 5 rings (SSSR count). The highest BCUT2D eigenvalue weighted by Gasteiger charge is 2.32. The van der Waals surface area contributed by atoms with Gasteiger partial charge in [0.1, 0.15) is 21.2 Å². The molecule has 208 valence electrons. The molecule has 1 aliphatic carbocycles. The molecule has 0 bridgehead atoms. The van der Waals surface area contributed by atoms with Gasteiger partial charge < -0.3 is 15.5 Å². The van der Waals surface area contributed by atoms with Crippen LogP contribution in [-0.2, 0) is 16.4 Å². The van der Waals surface area contributed by atoms with E-state index in [-0.39, 0.29) is 66.0 Å². The zero-order valence-electron chi connectivity index (χ0n) is 21.7. The molecule has 0 unspecified atom stereocenters. The number of hydrogen-bond acceptors (Lipinski definition) is 8. The number of carbonyl (C=O) groups excluding carboxylic acids is 1. The van der Waals surface area contributed by atoms with Crippen LogP contribution in [0, 0.1) is 6.92 Å². The van der Waals surface area contributed by atoms with Gasteiger partial charge in [-0.3, -0.25) is 18.7 Å². The first-order valence-corrected chi connectivity index (χ1v) is 15.0. The summed E-state index contributed by atoms with van der Waals surface area (Å²) in [4.78, 5) is 44.6. The summed E-state index contributed by atoms with van der Waals surface area (Å²) in [5.74, 6) is -0.664. The van der Waals surface area contributed by atoms with Crippen LogP contribution in [0.4, 0.5) is 0 Å². The third-order valence-corrected chi connectivity index (χ3v) is 9.58. The van der Waals surface area contributed by atoms with Crippen LogP contribution in [-0.4, -0.2) is 56.2 Å². The topological polar surface area (TPSA) is 161 Å². The molecule has 2 aromatic heterocycles. The largest absolute Gasteiger partial charge is 0.507 e. The second-order valence-corrected chi connectivity index (χ2v) is 12.9. The SMILES string of the molecule is Cc1cnc2c(c1)c(=O)n(C1CCC(NC(=O)c3cc(CO)ccc3O)CC1)c(=O)n2C1CCS(=O)(=O)CC1. The number of pyridine rings is 1. The Bertz CT molecular complexity index is 1640. The molecule has 1 aromatic carbocycles. The Morgan fingerprint density at radius 1 is 1.03 bits per heavy atom. The van der Waals surface area contributed by atoms with Gasteiger partial charge in [-0.2, -0.15) is 0 Å². The number of aliphatic hydroxyl groups is 1. The summed E-state index contributed by atoms with van der Waals surface area (Å²) in [5, 5.41) is 22.7. The number of nitrogens with zero attached hydrogens (tertiary/aromatic N) is 3. The molecule has 12 heteroatoms. The predicted molar refractivity (Wildman–Crippen MR) is 145 cm³/mol. The summed E-state index contributed by atoms with van der Waals surface area (Å²) >= 11 is 0. The molecule has 0 spiro atoms. The van der Waals surface area contributed by atoms with E-state index in [2.05, 4.69) is 10.3 Å². The number of aryl methyl sites for hydroxylation is 1. The van der Waals surface area contributed by atoms with Crippen molar-refractivity contribution >= 4 is 26.8 Å². The summed E-state index contributed by atoms with van der Waals surface area (Å²) in [6.45, 7) is 1.57. The molecule has 1 saturated heterocycles. The average molecular weight is 557 g/mol. The maximum absolute atomic E-state index is 13.8. The fourth-order valence-corrected chi connectivity index (χ4v) is 7.19. The standard InChI is InChI=1S/C27H32N4O7S/c1-16-12-22-24(28-14-16)30(20-8-10-39(37,38)11-9-20)27(36)31(26(22)35)19-5-3-18(4-6-19)29-25(34)21-13-17(15-32)2-7-23(21)33/h2,7,12-14,18-20,32-33H,3-6,8-11,15H2,1H3,(H,29,34). The van der Waals surface area contributed by atoms with E-state index in [0.29, 0.717) is 36.6 Å². The molecule has 11 nitrogen and oxygen atoms in total. The Morgan fingerprint density at radius 2 is 1.69 bits per heavy atom. The molecule has 1 saturated carbocycles. The van der Waals surface area contributed by atoms with Gasteiger partial charge in [-0.15, -0.1) is 0 Å². The Balaban J connectivity index is 1.41. The molecule has 1 amide bonds. The van der Waals surface area contributed by atoms with E-state index in [1.807, 2.05) is 6.92 Å². The van der Waals surface area contributed by atoms with Gasteiger partial charge in [0.2, 0.25) is 0 Å². The lowest BCUT2D eigenvalue weighted by Gasteiger charge is -2.31. The van der Waals surface area contributed by atoms with E-state index < -0.39 is 27.0 Å². The fourth-order valence-electron chi connectivity index (χ4n) is 5.73. The van der Waals surface area contributed by atoms with E-state index in [1.54, 1.807) is 12.3 Å². The number of aromatic hydroxyl groups is 1.